The molecule has 7 heteroatoms. The molecule has 4 unspecified atom stereocenters. The zero-order valence-electron chi connectivity index (χ0n) is 12.2. The molecule has 2 fully saturated rings. The van der Waals surface area contributed by atoms with Crippen LogP contribution in [0.15, 0.2) is 0 Å². The molecule has 0 aromatic carbocycles. The largest absolute Gasteiger partial charge is 0.480 e. The number of carboxylic acid groups (broad SMARTS) is 1. The highest BCUT2D eigenvalue weighted by molar-refractivity contribution is 5.87. The van der Waals surface area contributed by atoms with E-state index in [1.807, 2.05) is 0 Å². The number of hydrogen-bond acceptors (Lipinski definition) is 3. The van der Waals surface area contributed by atoms with Crippen LogP contribution in [0.1, 0.15) is 32.1 Å². The quantitative estimate of drug-likeness (QED) is 0.658. The lowest BCUT2D eigenvalue weighted by atomic mass is 9.88. The predicted molar refractivity (Wildman–Crippen MR) is 75.3 cm³/mol. The third-order valence-corrected chi connectivity index (χ3v) is 4.74. The Balaban J connectivity index is 1.83. The third kappa shape index (κ3) is 3.86. The van der Waals surface area contributed by atoms with Crippen LogP contribution in [0, 0.1) is 17.8 Å². The van der Waals surface area contributed by atoms with Gasteiger partial charge in [-0.25, -0.2) is 9.59 Å². The van der Waals surface area contributed by atoms with Crippen LogP contribution in [0.5, 0.6) is 0 Å². The fraction of sp³-hybridized carbons (Fsp3) is 0.786. The third-order valence-electron chi connectivity index (χ3n) is 4.74. The molecule has 0 saturated heterocycles. The maximum Gasteiger partial charge on any atom is 0.326 e. The topological polar surface area (TPSA) is 113 Å². The van der Waals surface area contributed by atoms with Crippen molar-refractivity contribution in [3.63, 3.8) is 0 Å². The molecule has 2 aliphatic carbocycles. The van der Waals surface area contributed by atoms with E-state index in [0.717, 1.165) is 12.3 Å². The van der Waals surface area contributed by atoms with Crippen molar-refractivity contribution >= 4 is 17.9 Å². The summed E-state index contributed by atoms with van der Waals surface area (Å²) in [5, 5.41) is 11.3. The number of carbonyl (C=O) groups excluding carboxylic acids is 2. The number of hydrogen-bond donors (Lipinski definition) is 3. The van der Waals surface area contributed by atoms with Crippen molar-refractivity contribution in [1.29, 1.82) is 0 Å². The zero-order chi connectivity index (χ0) is 15.6. The van der Waals surface area contributed by atoms with Gasteiger partial charge in [0.05, 0.1) is 6.42 Å². The molecule has 0 aliphatic heterocycles. The number of amides is 3. The van der Waals surface area contributed by atoms with E-state index in [2.05, 4.69) is 5.32 Å². The molecule has 2 saturated carbocycles. The SMILES string of the molecule is CN(CC1CC2CCC1C2)C(=O)NC(CC(N)=O)C(=O)O. The summed E-state index contributed by atoms with van der Waals surface area (Å²) < 4.78 is 0. The maximum absolute atomic E-state index is 12.0. The van der Waals surface area contributed by atoms with Crippen molar-refractivity contribution in [2.45, 2.75) is 38.1 Å². The van der Waals surface area contributed by atoms with Crippen LogP contribution >= 0.6 is 0 Å². The molecule has 3 amide bonds. The summed E-state index contributed by atoms with van der Waals surface area (Å²) in [5.41, 5.74) is 4.99. The highest BCUT2D eigenvalue weighted by Crippen LogP contribution is 2.48. The maximum atomic E-state index is 12.0. The average molecular weight is 297 g/mol. The molecule has 21 heavy (non-hydrogen) atoms. The first-order chi connectivity index (χ1) is 9.86. The molecule has 7 nitrogen and oxygen atoms in total. The van der Waals surface area contributed by atoms with E-state index in [1.165, 1.54) is 24.2 Å². The Kier molecular flexibility index (Phi) is 4.69. The molecule has 4 atom stereocenters. The van der Waals surface area contributed by atoms with E-state index >= 15 is 0 Å². The smallest absolute Gasteiger partial charge is 0.326 e. The predicted octanol–water partition coefficient (Wildman–Crippen LogP) is 0.393. The summed E-state index contributed by atoms with van der Waals surface area (Å²) >= 11 is 0. The van der Waals surface area contributed by atoms with Crippen LogP contribution in [-0.2, 0) is 9.59 Å². The van der Waals surface area contributed by atoms with Crippen LogP contribution in [-0.4, -0.2) is 47.5 Å². The summed E-state index contributed by atoms with van der Waals surface area (Å²) in [6, 6.07) is -1.73. The molecule has 0 aromatic heterocycles. The van der Waals surface area contributed by atoms with Crippen molar-refractivity contribution in [3.8, 4) is 0 Å². The minimum absolute atomic E-state index is 0.400. The van der Waals surface area contributed by atoms with Gasteiger partial charge in [0.1, 0.15) is 6.04 Å². The lowest BCUT2D eigenvalue weighted by Crippen LogP contribution is -2.49. The second-order valence-electron chi connectivity index (χ2n) is 6.33. The standard InChI is InChI=1S/C14H23N3O4/c1-17(7-10-5-8-2-3-9(10)4-8)14(21)16-11(13(19)20)6-12(15)18/h8-11H,2-7H2,1H3,(H2,15,18)(H,16,21)(H,19,20). The second kappa shape index (κ2) is 6.32. The van der Waals surface area contributed by atoms with Gasteiger partial charge in [0.25, 0.3) is 0 Å². The zero-order valence-corrected chi connectivity index (χ0v) is 12.2. The molecule has 0 spiro atoms. The normalized spacial score (nSPS) is 28.1. The molecule has 0 radical (unpaired) electrons. The van der Waals surface area contributed by atoms with Crippen LogP contribution in [0.25, 0.3) is 0 Å². The Morgan fingerprint density at radius 3 is 2.52 bits per heavy atom. The van der Waals surface area contributed by atoms with Gasteiger partial charge in [0.2, 0.25) is 5.91 Å². The molecular weight excluding hydrogens is 274 g/mol. The van der Waals surface area contributed by atoms with Crippen molar-refractivity contribution in [3.05, 3.63) is 0 Å². The van der Waals surface area contributed by atoms with Gasteiger partial charge < -0.3 is 21.1 Å². The van der Waals surface area contributed by atoms with Gasteiger partial charge in [-0.15, -0.1) is 0 Å². The number of nitrogens with two attached hydrogens (primary N) is 1. The van der Waals surface area contributed by atoms with Crippen molar-refractivity contribution < 1.29 is 19.5 Å². The van der Waals surface area contributed by atoms with Gasteiger partial charge in [-0.1, -0.05) is 6.42 Å². The molecule has 0 heterocycles. The lowest BCUT2D eigenvalue weighted by molar-refractivity contribution is -0.140. The average Bonchev–Trinajstić information content (AvgIpc) is 2.99. The van der Waals surface area contributed by atoms with Gasteiger partial charge in [-0.05, 0) is 37.0 Å². The van der Waals surface area contributed by atoms with Gasteiger partial charge in [0.15, 0.2) is 0 Å². The van der Waals surface area contributed by atoms with Gasteiger partial charge >= 0.3 is 12.0 Å². The summed E-state index contributed by atoms with van der Waals surface area (Å²) in [6.45, 7) is 0.635. The number of primary amides is 1. The van der Waals surface area contributed by atoms with E-state index in [1.54, 1.807) is 7.05 Å². The molecule has 4 N–H and O–H groups in total. The van der Waals surface area contributed by atoms with E-state index in [-0.39, 0.29) is 0 Å². The first-order valence-electron chi connectivity index (χ1n) is 7.39. The number of fused-ring (bicyclic) bond motifs is 2. The minimum atomic E-state index is -1.27. The van der Waals surface area contributed by atoms with Crippen molar-refractivity contribution in [2.75, 3.05) is 13.6 Å². The first kappa shape index (κ1) is 15.6. The first-order valence-corrected chi connectivity index (χ1v) is 7.39. The molecule has 2 rings (SSSR count). The molecular formula is C14H23N3O4. The molecule has 118 valence electrons. The fourth-order valence-electron chi connectivity index (χ4n) is 3.70. The lowest BCUT2D eigenvalue weighted by Gasteiger charge is -2.28. The highest BCUT2D eigenvalue weighted by Gasteiger charge is 2.40. The Morgan fingerprint density at radius 2 is 2.05 bits per heavy atom. The number of nitrogens with zero attached hydrogens (tertiary/aromatic N) is 1. The van der Waals surface area contributed by atoms with Crippen LogP contribution in [0.3, 0.4) is 0 Å². The Hall–Kier alpha value is -1.79. The number of carbonyl (C=O) groups is 3. The van der Waals surface area contributed by atoms with E-state index in [9.17, 15) is 14.4 Å². The van der Waals surface area contributed by atoms with Crippen LogP contribution < -0.4 is 11.1 Å². The van der Waals surface area contributed by atoms with Gasteiger partial charge in [0, 0.05) is 13.6 Å². The number of rotatable bonds is 6. The van der Waals surface area contributed by atoms with Crippen LogP contribution in [0.4, 0.5) is 4.79 Å². The van der Waals surface area contributed by atoms with E-state index in [0.29, 0.717) is 18.4 Å². The Morgan fingerprint density at radius 1 is 1.33 bits per heavy atom. The summed E-state index contributed by atoms with van der Waals surface area (Å²) in [6.07, 6.45) is 4.57. The minimum Gasteiger partial charge on any atom is -0.480 e. The van der Waals surface area contributed by atoms with E-state index in [4.69, 9.17) is 10.8 Å². The summed E-state index contributed by atoms with van der Waals surface area (Å²) in [5.74, 6) is 0.0112. The second-order valence-corrected chi connectivity index (χ2v) is 6.33. The number of nitrogens with one attached hydrogen (secondary N) is 1. The number of aliphatic carboxylic acids is 1. The number of carboxylic acids is 1. The van der Waals surface area contributed by atoms with Crippen molar-refractivity contribution in [2.24, 2.45) is 23.5 Å². The number of urea groups is 1. The Bertz CT molecular complexity index is 440. The summed E-state index contributed by atoms with van der Waals surface area (Å²) in [7, 11) is 1.66. The molecule has 2 bridgehead atoms. The van der Waals surface area contributed by atoms with E-state index < -0.39 is 30.4 Å². The van der Waals surface area contributed by atoms with Gasteiger partial charge in [-0.3, -0.25) is 4.79 Å². The summed E-state index contributed by atoms with van der Waals surface area (Å²) in [4.78, 5) is 35.4. The van der Waals surface area contributed by atoms with Crippen LogP contribution in [0.2, 0.25) is 0 Å². The van der Waals surface area contributed by atoms with Gasteiger partial charge in [-0.2, -0.15) is 0 Å². The fourth-order valence-corrected chi connectivity index (χ4v) is 3.70. The molecule has 0 aromatic rings. The highest BCUT2D eigenvalue weighted by atomic mass is 16.4. The monoisotopic (exact) mass is 297 g/mol. The molecule has 2 aliphatic rings. The van der Waals surface area contributed by atoms with Crippen molar-refractivity contribution in [1.82, 2.24) is 10.2 Å². The Labute approximate surface area is 123 Å².